The zero-order valence-electron chi connectivity index (χ0n) is 10.3. The molecular weight excluding hydrogens is 265 g/mol. The van der Waals surface area contributed by atoms with Crippen LogP contribution in [0.1, 0.15) is 17.3 Å². The first-order valence-electron chi connectivity index (χ1n) is 5.32. The van der Waals surface area contributed by atoms with Gasteiger partial charge < -0.3 is 14.6 Å². The third-order valence-corrected chi connectivity index (χ3v) is 2.34. The van der Waals surface area contributed by atoms with Crippen molar-refractivity contribution in [1.82, 2.24) is 0 Å². The van der Waals surface area contributed by atoms with Crippen molar-refractivity contribution in [2.75, 3.05) is 13.7 Å². The van der Waals surface area contributed by atoms with Gasteiger partial charge in [-0.1, -0.05) is 0 Å². The first-order chi connectivity index (χ1) is 8.75. The van der Waals surface area contributed by atoms with Gasteiger partial charge in [0.05, 0.1) is 12.7 Å². The second-order valence-electron chi connectivity index (χ2n) is 3.79. The fraction of sp³-hybridized carbons (Fsp3) is 0.417. The van der Waals surface area contributed by atoms with Crippen LogP contribution in [0.15, 0.2) is 18.2 Å². The molecule has 0 amide bonds. The molecule has 1 rings (SSSR count). The summed E-state index contributed by atoms with van der Waals surface area (Å²) >= 11 is 0. The normalized spacial score (nSPS) is 12.9. The number of aliphatic hydroxyl groups is 1. The number of carbonyl (C=O) groups excluding carboxylic acids is 1. The van der Waals surface area contributed by atoms with E-state index in [2.05, 4.69) is 0 Å². The number of hydrogen-bond acceptors (Lipinski definition) is 4. The van der Waals surface area contributed by atoms with Crippen LogP contribution < -0.4 is 9.47 Å². The minimum absolute atomic E-state index is 0.0600. The Bertz CT molecular complexity index is 457. The fourth-order valence-corrected chi connectivity index (χ4v) is 1.30. The molecule has 7 heteroatoms. The number of alkyl halides is 3. The highest BCUT2D eigenvalue weighted by Gasteiger charge is 2.38. The maximum Gasteiger partial charge on any atom is 0.417 e. The van der Waals surface area contributed by atoms with Gasteiger partial charge in [0, 0.05) is 6.07 Å². The van der Waals surface area contributed by atoms with Gasteiger partial charge in [-0.05, 0) is 19.1 Å². The molecule has 4 nitrogen and oxygen atoms in total. The molecular formula is C12H13F3O4. The average Bonchev–Trinajstić information content (AvgIpc) is 2.33. The number of methoxy groups -OCH3 is 1. The van der Waals surface area contributed by atoms with E-state index in [4.69, 9.17) is 14.6 Å². The van der Waals surface area contributed by atoms with Crippen molar-refractivity contribution in [3.8, 4) is 11.5 Å². The van der Waals surface area contributed by atoms with Crippen LogP contribution in [0.2, 0.25) is 0 Å². The minimum Gasteiger partial charge on any atom is -0.497 e. The Balaban J connectivity index is 2.89. The molecule has 1 aromatic carbocycles. The van der Waals surface area contributed by atoms with E-state index in [1.165, 1.54) is 32.2 Å². The van der Waals surface area contributed by atoms with Crippen LogP contribution in [-0.4, -0.2) is 36.9 Å². The Morgan fingerprint density at radius 2 is 2.05 bits per heavy atom. The molecule has 106 valence electrons. The number of benzene rings is 1. The van der Waals surface area contributed by atoms with Gasteiger partial charge in [0.15, 0.2) is 11.9 Å². The van der Waals surface area contributed by atoms with Gasteiger partial charge in [0.25, 0.3) is 0 Å². The van der Waals surface area contributed by atoms with Crippen LogP contribution >= 0.6 is 0 Å². The van der Waals surface area contributed by atoms with Gasteiger partial charge in [-0.2, -0.15) is 13.2 Å². The monoisotopic (exact) mass is 278 g/mol. The molecule has 0 saturated heterocycles. The summed E-state index contributed by atoms with van der Waals surface area (Å²) in [6.07, 6.45) is -7.38. The highest BCUT2D eigenvalue weighted by Crippen LogP contribution is 2.27. The number of Topliss-reactive ketones (excluding diaryl/α,β-unsaturated/α-hetero) is 1. The SMILES string of the molecule is COc1ccc(C(C)=O)c(OCC(O)C(F)(F)F)c1. The number of ether oxygens (including phenoxy) is 2. The van der Waals surface area contributed by atoms with E-state index in [1.54, 1.807) is 0 Å². The molecule has 19 heavy (non-hydrogen) atoms. The zero-order chi connectivity index (χ0) is 14.6. The van der Waals surface area contributed by atoms with Crippen molar-refractivity contribution in [2.24, 2.45) is 0 Å². The average molecular weight is 278 g/mol. The molecule has 0 spiro atoms. The minimum atomic E-state index is -4.77. The molecule has 0 heterocycles. The van der Waals surface area contributed by atoms with Crippen LogP contribution in [0.4, 0.5) is 13.2 Å². The van der Waals surface area contributed by atoms with Crippen LogP contribution in [0.5, 0.6) is 11.5 Å². The Kier molecular flexibility index (Phi) is 4.77. The smallest absolute Gasteiger partial charge is 0.417 e. The number of hydrogen-bond donors (Lipinski definition) is 1. The standard InChI is InChI=1S/C12H13F3O4/c1-7(16)9-4-3-8(18-2)5-10(9)19-6-11(17)12(13,14)15/h3-5,11,17H,6H2,1-2H3. The lowest BCUT2D eigenvalue weighted by molar-refractivity contribution is -0.210. The van der Waals surface area contributed by atoms with Crippen molar-refractivity contribution >= 4 is 5.78 Å². The topological polar surface area (TPSA) is 55.8 Å². The van der Waals surface area contributed by atoms with Gasteiger partial charge in [-0.15, -0.1) is 0 Å². The Morgan fingerprint density at radius 3 is 2.53 bits per heavy atom. The van der Waals surface area contributed by atoms with Crippen molar-refractivity contribution in [2.45, 2.75) is 19.2 Å². The lowest BCUT2D eigenvalue weighted by Crippen LogP contribution is -2.34. The van der Waals surface area contributed by atoms with Gasteiger partial charge in [-0.25, -0.2) is 0 Å². The molecule has 0 aliphatic carbocycles. The maximum absolute atomic E-state index is 12.1. The second-order valence-corrected chi connectivity index (χ2v) is 3.79. The zero-order valence-corrected chi connectivity index (χ0v) is 10.3. The van der Waals surface area contributed by atoms with Gasteiger partial charge in [0.2, 0.25) is 0 Å². The largest absolute Gasteiger partial charge is 0.497 e. The molecule has 0 fully saturated rings. The van der Waals surface area contributed by atoms with E-state index in [0.29, 0.717) is 5.75 Å². The number of aliphatic hydroxyl groups excluding tert-OH is 1. The molecule has 1 aromatic rings. The highest BCUT2D eigenvalue weighted by molar-refractivity contribution is 5.97. The van der Waals surface area contributed by atoms with E-state index < -0.39 is 18.9 Å². The van der Waals surface area contributed by atoms with Gasteiger partial charge in [0.1, 0.15) is 18.1 Å². The molecule has 0 radical (unpaired) electrons. The van der Waals surface area contributed by atoms with Crippen molar-refractivity contribution in [3.05, 3.63) is 23.8 Å². The summed E-state index contributed by atoms with van der Waals surface area (Å²) < 4.78 is 46.2. The quantitative estimate of drug-likeness (QED) is 0.839. The lowest BCUT2D eigenvalue weighted by Gasteiger charge is -2.17. The first kappa shape index (κ1) is 15.3. The van der Waals surface area contributed by atoms with Crippen molar-refractivity contribution in [1.29, 1.82) is 0 Å². The summed E-state index contributed by atoms with van der Waals surface area (Å²) in [7, 11) is 1.37. The van der Waals surface area contributed by atoms with Crippen molar-refractivity contribution < 1.29 is 32.5 Å². The third kappa shape index (κ3) is 4.13. The fourth-order valence-electron chi connectivity index (χ4n) is 1.30. The molecule has 1 atom stereocenters. The Morgan fingerprint density at radius 1 is 1.42 bits per heavy atom. The Hall–Kier alpha value is -1.76. The number of halogens is 3. The number of ketones is 1. The van der Waals surface area contributed by atoms with E-state index in [0.717, 1.165) is 0 Å². The van der Waals surface area contributed by atoms with Crippen LogP contribution in [0, 0.1) is 0 Å². The second kappa shape index (κ2) is 5.92. The van der Waals surface area contributed by atoms with E-state index in [-0.39, 0.29) is 17.1 Å². The predicted octanol–water partition coefficient (Wildman–Crippen LogP) is 2.20. The molecule has 1 N–H and O–H groups in total. The van der Waals surface area contributed by atoms with Crippen LogP contribution in [0.25, 0.3) is 0 Å². The van der Waals surface area contributed by atoms with Gasteiger partial charge >= 0.3 is 6.18 Å². The first-order valence-corrected chi connectivity index (χ1v) is 5.32. The third-order valence-electron chi connectivity index (χ3n) is 2.34. The van der Waals surface area contributed by atoms with E-state index in [1.807, 2.05) is 0 Å². The highest BCUT2D eigenvalue weighted by atomic mass is 19.4. The molecule has 0 bridgehead atoms. The molecule has 0 aliphatic rings. The van der Waals surface area contributed by atoms with Crippen LogP contribution in [0.3, 0.4) is 0 Å². The Labute approximate surface area is 107 Å². The molecule has 0 aliphatic heterocycles. The lowest BCUT2D eigenvalue weighted by atomic mass is 10.1. The summed E-state index contributed by atoms with van der Waals surface area (Å²) in [5, 5.41) is 8.84. The summed E-state index contributed by atoms with van der Waals surface area (Å²) in [5.41, 5.74) is 0.121. The summed E-state index contributed by atoms with van der Waals surface area (Å²) in [5.74, 6) is -0.0872. The molecule has 0 aromatic heterocycles. The summed E-state index contributed by atoms with van der Waals surface area (Å²) in [4.78, 5) is 11.3. The number of carbonyl (C=O) groups is 1. The van der Waals surface area contributed by atoms with Gasteiger partial charge in [-0.3, -0.25) is 4.79 Å². The molecule has 1 unspecified atom stereocenters. The number of rotatable bonds is 5. The van der Waals surface area contributed by atoms with E-state index in [9.17, 15) is 18.0 Å². The molecule has 0 saturated carbocycles. The summed E-state index contributed by atoms with van der Waals surface area (Å²) in [6, 6.07) is 4.17. The van der Waals surface area contributed by atoms with E-state index >= 15 is 0 Å². The predicted molar refractivity (Wildman–Crippen MR) is 60.6 cm³/mol. The maximum atomic E-state index is 12.1. The van der Waals surface area contributed by atoms with Crippen LogP contribution in [-0.2, 0) is 0 Å². The van der Waals surface area contributed by atoms with Crippen molar-refractivity contribution in [3.63, 3.8) is 0 Å². The summed E-state index contributed by atoms with van der Waals surface area (Å²) in [6.45, 7) is 0.270.